The van der Waals surface area contributed by atoms with E-state index in [1.807, 2.05) is 18.2 Å². The van der Waals surface area contributed by atoms with Gasteiger partial charge in [0.15, 0.2) is 0 Å². The molecule has 0 aliphatic heterocycles. The summed E-state index contributed by atoms with van der Waals surface area (Å²) in [4.78, 5) is 12.3. The molecule has 0 spiro atoms. The van der Waals surface area contributed by atoms with E-state index >= 15 is 0 Å². The monoisotopic (exact) mass is 338 g/mol. The van der Waals surface area contributed by atoms with Gasteiger partial charge in [-0.1, -0.05) is 29.8 Å². The van der Waals surface area contributed by atoms with Gasteiger partial charge in [-0.25, -0.2) is 4.79 Å². The van der Waals surface area contributed by atoms with Crippen molar-refractivity contribution in [2.24, 2.45) is 23.2 Å². The van der Waals surface area contributed by atoms with Crippen LogP contribution in [0.5, 0.6) is 0 Å². The fraction of sp³-hybridized carbons (Fsp3) is 0.591. The van der Waals surface area contributed by atoms with E-state index in [1.54, 1.807) is 6.20 Å². The molecule has 0 radical (unpaired) electrons. The maximum Gasteiger partial charge on any atom is 0.318 e. The SMILES string of the molecule is Cc1cccc(/C=C/NC(=O)NC(C)C23CC4CC(CC(C4)C2)C3)c1. The van der Waals surface area contributed by atoms with Gasteiger partial charge in [0, 0.05) is 12.2 Å². The Hall–Kier alpha value is -1.77. The number of urea groups is 1. The van der Waals surface area contributed by atoms with E-state index in [0.717, 1.165) is 23.3 Å². The van der Waals surface area contributed by atoms with Gasteiger partial charge in [-0.15, -0.1) is 0 Å². The molecule has 5 rings (SSSR count). The summed E-state index contributed by atoms with van der Waals surface area (Å²) >= 11 is 0. The fourth-order valence-corrected chi connectivity index (χ4v) is 6.09. The van der Waals surface area contributed by atoms with Crippen LogP contribution in [-0.2, 0) is 0 Å². The van der Waals surface area contributed by atoms with Crippen LogP contribution in [0.3, 0.4) is 0 Å². The highest BCUT2D eigenvalue weighted by Gasteiger charge is 2.53. The zero-order chi connectivity index (χ0) is 17.4. The molecule has 2 amide bonds. The number of benzene rings is 1. The van der Waals surface area contributed by atoms with Crippen LogP contribution in [0.25, 0.3) is 6.08 Å². The number of carbonyl (C=O) groups excluding carboxylic acids is 1. The smallest absolute Gasteiger partial charge is 0.318 e. The lowest BCUT2D eigenvalue weighted by Crippen LogP contribution is -2.56. The molecule has 1 aromatic carbocycles. The van der Waals surface area contributed by atoms with Gasteiger partial charge in [0.05, 0.1) is 0 Å². The first-order valence-corrected chi connectivity index (χ1v) is 9.83. The van der Waals surface area contributed by atoms with Gasteiger partial charge >= 0.3 is 6.03 Å². The first-order valence-electron chi connectivity index (χ1n) is 9.83. The lowest BCUT2D eigenvalue weighted by Gasteiger charge is -2.59. The predicted octanol–water partition coefficient (Wildman–Crippen LogP) is 4.87. The summed E-state index contributed by atoms with van der Waals surface area (Å²) in [5.41, 5.74) is 2.68. The molecular formula is C22H30N2O. The second-order valence-corrected chi connectivity index (χ2v) is 8.87. The van der Waals surface area contributed by atoms with Crippen molar-refractivity contribution in [3.63, 3.8) is 0 Å². The van der Waals surface area contributed by atoms with Gasteiger partial charge in [-0.05, 0) is 87.2 Å². The number of nitrogens with one attached hydrogen (secondary N) is 2. The molecule has 3 heteroatoms. The molecule has 134 valence electrons. The molecule has 4 bridgehead atoms. The van der Waals surface area contributed by atoms with E-state index in [2.05, 4.69) is 36.6 Å². The number of carbonyl (C=O) groups is 1. The van der Waals surface area contributed by atoms with Crippen LogP contribution >= 0.6 is 0 Å². The summed E-state index contributed by atoms with van der Waals surface area (Å²) in [5, 5.41) is 6.12. The molecule has 4 fully saturated rings. The average Bonchev–Trinajstić information content (AvgIpc) is 2.53. The van der Waals surface area contributed by atoms with Crippen molar-refractivity contribution in [3.8, 4) is 0 Å². The summed E-state index contributed by atoms with van der Waals surface area (Å²) in [5.74, 6) is 2.75. The maximum absolute atomic E-state index is 12.3. The minimum absolute atomic E-state index is 0.0767. The van der Waals surface area contributed by atoms with Crippen LogP contribution in [0.4, 0.5) is 4.79 Å². The molecular weight excluding hydrogens is 308 g/mol. The topological polar surface area (TPSA) is 41.1 Å². The van der Waals surface area contributed by atoms with Crippen molar-refractivity contribution in [3.05, 3.63) is 41.6 Å². The Morgan fingerprint density at radius 2 is 1.80 bits per heavy atom. The van der Waals surface area contributed by atoms with E-state index in [1.165, 1.54) is 44.1 Å². The Bertz CT molecular complexity index is 643. The molecule has 0 aromatic heterocycles. The summed E-state index contributed by atoms with van der Waals surface area (Å²) in [6, 6.07) is 8.44. The zero-order valence-corrected chi connectivity index (χ0v) is 15.4. The molecule has 1 aromatic rings. The fourth-order valence-electron chi connectivity index (χ4n) is 6.09. The average molecular weight is 338 g/mol. The Labute approximate surface area is 151 Å². The third kappa shape index (κ3) is 3.47. The molecule has 0 saturated heterocycles. The maximum atomic E-state index is 12.3. The largest absolute Gasteiger partial charge is 0.335 e. The second kappa shape index (κ2) is 6.51. The van der Waals surface area contributed by atoms with E-state index in [4.69, 9.17) is 0 Å². The minimum Gasteiger partial charge on any atom is -0.335 e. The summed E-state index contributed by atoms with van der Waals surface area (Å²) in [6.07, 6.45) is 12.0. The van der Waals surface area contributed by atoms with E-state index in [0.29, 0.717) is 5.41 Å². The highest BCUT2D eigenvalue weighted by atomic mass is 16.2. The molecule has 1 unspecified atom stereocenters. The number of rotatable bonds is 4. The highest BCUT2D eigenvalue weighted by Crippen LogP contribution is 2.61. The van der Waals surface area contributed by atoms with Gasteiger partial charge in [0.1, 0.15) is 0 Å². The molecule has 1 atom stereocenters. The summed E-state index contributed by atoms with van der Waals surface area (Å²) in [6.45, 7) is 4.29. The molecule has 2 N–H and O–H groups in total. The van der Waals surface area contributed by atoms with Gasteiger partial charge in [0.2, 0.25) is 0 Å². The molecule has 4 aliphatic carbocycles. The van der Waals surface area contributed by atoms with E-state index < -0.39 is 0 Å². The second-order valence-electron chi connectivity index (χ2n) is 8.87. The van der Waals surface area contributed by atoms with Crippen molar-refractivity contribution < 1.29 is 4.79 Å². The van der Waals surface area contributed by atoms with E-state index in [-0.39, 0.29) is 12.1 Å². The standard InChI is InChI=1S/C22H30N2O/c1-15-4-3-5-17(8-15)6-7-23-21(25)24-16(2)22-12-18-9-19(13-22)11-20(10-18)14-22/h3-8,16,18-20H,9-14H2,1-2H3,(H2,23,24,25)/b7-6+. The zero-order valence-electron chi connectivity index (χ0n) is 15.4. The third-order valence-corrected chi connectivity index (χ3v) is 6.88. The van der Waals surface area contributed by atoms with Crippen molar-refractivity contribution in [1.29, 1.82) is 0 Å². The number of hydrogen-bond donors (Lipinski definition) is 2. The lowest BCUT2D eigenvalue weighted by molar-refractivity contribution is -0.0681. The first kappa shape index (κ1) is 16.7. The Kier molecular flexibility index (Phi) is 4.35. The number of hydrogen-bond acceptors (Lipinski definition) is 1. The molecule has 4 aliphatic rings. The normalized spacial score (nSPS) is 34.2. The number of aryl methyl sites for hydroxylation is 1. The van der Waals surface area contributed by atoms with Gasteiger partial charge in [-0.2, -0.15) is 0 Å². The van der Waals surface area contributed by atoms with Crippen molar-refractivity contribution >= 4 is 12.1 Å². The van der Waals surface area contributed by atoms with Gasteiger partial charge in [-0.3, -0.25) is 0 Å². The molecule has 3 nitrogen and oxygen atoms in total. The Morgan fingerprint density at radius 3 is 2.40 bits per heavy atom. The predicted molar refractivity (Wildman–Crippen MR) is 102 cm³/mol. The van der Waals surface area contributed by atoms with Crippen LogP contribution in [0.15, 0.2) is 30.5 Å². The molecule has 25 heavy (non-hydrogen) atoms. The highest BCUT2D eigenvalue weighted by molar-refractivity contribution is 5.76. The van der Waals surface area contributed by atoms with Crippen molar-refractivity contribution in [2.75, 3.05) is 0 Å². The van der Waals surface area contributed by atoms with Crippen molar-refractivity contribution in [1.82, 2.24) is 10.6 Å². The third-order valence-electron chi connectivity index (χ3n) is 6.88. The molecule has 0 heterocycles. The Morgan fingerprint density at radius 1 is 1.16 bits per heavy atom. The quantitative estimate of drug-likeness (QED) is 0.808. The van der Waals surface area contributed by atoms with Crippen LogP contribution in [0, 0.1) is 30.1 Å². The lowest BCUT2D eigenvalue weighted by atomic mass is 9.48. The number of amides is 2. The Balaban J connectivity index is 1.33. The first-order chi connectivity index (χ1) is 12.0. The van der Waals surface area contributed by atoms with Crippen LogP contribution in [0.1, 0.15) is 56.6 Å². The summed E-state index contributed by atoms with van der Waals surface area (Å²) in [7, 11) is 0. The van der Waals surface area contributed by atoms with Gasteiger partial charge in [0.25, 0.3) is 0 Å². The van der Waals surface area contributed by atoms with Crippen molar-refractivity contribution in [2.45, 2.75) is 58.4 Å². The molecule has 4 saturated carbocycles. The minimum atomic E-state index is -0.0767. The van der Waals surface area contributed by atoms with Gasteiger partial charge < -0.3 is 10.6 Å². The summed E-state index contributed by atoms with van der Waals surface area (Å²) < 4.78 is 0. The van der Waals surface area contributed by atoms with Crippen LogP contribution < -0.4 is 10.6 Å². The van der Waals surface area contributed by atoms with Crippen LogP contribution in [0.2, 0.25) is 0 Å². The van der Waals surface area contributed by atoms with E-state index in [9.17, 15) is 4.79 Å². The van der Waals surface area contributed by atoms with Crippen LogP contribution in [-0.4, -0.2) is 12.1 Å².